The highest BCUT2D eigenvalue weighted by molar-refractivity contribution is 7.09. The molecule has 3 aromatic rings. The van der Waals surface area contributed by atoms with Crippen LogP contribution in [0.25, 0.3) is 11.3 Å². The molecule has 0 aliphatic heterocycles. The van der Waals surface area contributed by atoms with Crippen LogP contribution >= 0.6 is 11.3 Å². The third-order valence-corrected chi connectivity index (χ3v) is 5.00. The van der Waals surface area contributed by atoms with E-state index in [4.69, 9.17) is 9.15 Å². The highest BCUT2D eigenvalue weighted by Crippen LogP contribution is 2.21. The van der Waals surface area contributed by atoms with Crippen molar-refractivity contribution in [2.45, 2.75) is 39.3 Å². The molecule has 0 aliphatic rings. The third kappa shape index (κ3) is 5.53. The molecule has 0 fully saturated rings. The van der Waals surface area contributed by atoms with Crippen LogP contribution < -0.4 is 5.32 Å². The fourth-order valence-corrected chi connectivity index (χ4v) is 3.17. The van der Waals surface area contributed by atoms with Gasteiger partial charge in [0, 0.05) is 16.9 Å². The molecular formula is C21H22N2O4S. The summed E-state index contributed by atoms with van der Waals surface area (Å²) in [4.78, 5) is 29.3. The van der Waals surface area contributed by atoms with E-state index in [0.29, 0.717) is 24.6 Å². The number of esters is 1. The number of carbonyl (C=O) groups is 2. The van der Waals surface area contributed by atoms with E-state index in [1.54, 1.807) is 24.5 Å². The molecule has 146 valence electrons. The Labute approximate surface area is 167 Å². The SMILES string of the molecule is Cc1ccc(-c2cnc(CCC(=O)OC(C)C(=O)NCc3cccs3)o2)cc1. The number of nitrogens with zero attached hydrogens (tertiary/aromatic N) is 1. The Hall–Kier alpha value is -2.93. The Morgan fingerprint density at radius 1 is 1.25 bits per heavy atom. The van der Waals surface area contributed by atoms with Crippen LogP contribution in [0.5, 0.6) is 0 Å². The van der Waals surface area contributed by atoms with Gasteiger partial charge >= 0.3 is 5.97 Å². The average Bonchev–Trinajstić information content (AvgIpc) is 3.37. The normalized spacial score (nSPS) is 11.8. The van der Waals surface area contributed by atoms with E-state index in [2.05, 4.69) is 10.3 Å². The van der Waals surface area contributed by atoms with Gasteiger partial charge in [-0.15, -0.1) is 11.3 Å². The number of aromatic nitrogens is 1. The number of rotatable bonds is 8. The molecule has 0 saturated heterocycles. The summed E-state index contributed by atoms with van der Waals surface area (Å²) in [6.45, 7) is 4.00. The maximum Gasteiger partial charge on any atom is 0.307 e. The molecule has 1 amide bonds. The lowest BCUT2D eigenvalue weighted by Crippen LogP contribution is -2.35. The Morgan fingerprint density at radius 2 is 2.04 bits per heavy atom. The van der Waals surface area contributed by atoms with Crippen LogP contribution in [0.4, 0.5) is 0 Å². The van der Waals surface area contributed by atoms with Gasteiger partial charge in [-0.05, 0) is 25.3 Å². The Bertz CT molecular complexity index is 916. The number of thiophene rings is 1. The van der Waals surface area contributed by atoms with Gasteiger partial charge in [-0.3, -0.25) is 9.59 Å². The Morgan fingerprint density at radius 3 is 2.75 bits per heavy atom. The number of aryl methyl sites for hydroxylation is 2. The molecule has 1 aromatic carbocycles. The van der Waals surface area contributed by atoms with E-state index in [9.17, 15) is 9.59 Å². The Balaban J connectivity index is 1.43. The van der Waals surface area contributed by atoms with Gasteiger partial charge < -0.3 is 14.5 Å². The molecular weight excluding hydrogens is 376 g/mol. The van der Waals surface area contributed by atoms with Crippen molar-refractivity contribution in [1.29, 1.82) is 0 Å². The molecule has 2 aromatic heterocycles. The summed E-state index contributed by atoms with van der Waals surface area (Å²) in [5.41, 5.74) is 2.10. The minimum absolute atomic E-state index is 0.0936. The predicted molar refractivity (Wildman–Crippen MR) is 107 cm³/mol. The molecule has 0 bridgehead atoms. The number of hydrogen-bond acceptors (Lipinski definition) is 6. The second-order valence-corrected chi connectivity index (χ2v) is 7.45. The van der Waals surface area contributed by atoms with Crippen LogP contribution in [-0.2, 0) is 27.3 Å². The standard InChI is InChI=1S/C21H22N2O4S/c1-14-5-7-16(8-6-14)18-13-22-19(27-18)9-10-20(24)26-15(2)21(25)23-12-17-4-3-11-28-17/h3-8,11,13,15H,9-10,12H2,1-2H3,(H,23,25). The molecule has 2 heterocycles. The van der Waals surface area contributed by atoms with Gasteiger partial charge in [0.05, 0.1) is 19.2 Å². The second-order valence-electron chi connectivity index (χ2n) is 6.41. The molecule has 0 saturated carbocycles. The van der Waals surface area contributed by atoms with Crippen molar-refractivity contribution in [3.05, 3.63) is 64.3 Å². The quantitative estimate of drug-likeness (QED) is 0.582. The molecule has 28 heavy (non-hydrogen) atoms. The van der Waals surface area contributed by atoms with Crippen LogP contribution in [0.1, 0.15) is 29.7 Å². The molecule has 0 spiro atoms. The number of ether oxygens (including phenoxy) is 1. The maximum atomic E-state index is 12.0. The van der Waals surface area contributed by atoms with Crippen LogP contribution in [0.15, 0.2) is 52.4 Å². The van der Waals surface area contributed by atoms with E-state index >= 15 is 0 Å². The monoisotopic (exact) mass is 398 g/mol. The molecule has 7 heteroatoms. The smallest absolute Gasteiger partial charge is 0.307 e. The molecule has 1 unspecified atom stereocenters. The number of nitrogens with one attached hydrogen (secondary N) is 1. The van der Waals surface area contributed by atoms with Crippen molar-refractivity contribution >= 4 is 23.2 Å². The van der Waals surface area contributed by atoms with Gasteiger partial charge in [-0.1, -0.05) is 35.9 Å². The van der Waals surface area contributed by atoms with E-state index in [1.807, 2.05) is 48.7 Å². The van der Waals surface area contributed by atoms with Crippen molar-refractivity contribution in [3.63, 3.8) is 0 Å². The summed E-state index contributed by atoms with van der Waals surface area (Å²) in [5, 5.41) is 4.70. The highest BCUT2D eigenvalue weighted by Gasteiger charge is 2.18. The number of carbonyl (C=O) groups excluding carboxylic acids is 2. The molecule has 0 radical (unpaired) electrons. The average molecular weight is 398 g/mol. The third-order valence-electron chi connectivity index (χ3n) is 4.13. The number of oxazole rings is 1. The van der Waals surface area contributed by atoms with Crippen molar-refractivity contribution in [2.75, 3.05) is 0 Å². The zero-order valence-electron chi connectivity index (χ0n) is 15.8. The van der Waals surface area contributed by atoms with Crippen molar-refractivity contribution < 1.29 is 18.7 Å². The molecule has 1 atom stereocenters. The van der Waals surface area contributed by atoms with Gasteiger partial charge in [-0.25, -0.2) is 4.98 Å². The van der Waals surface area contributed by atoms with Gasteiger partial charge in [0.2, 0.25) is 0 Å². The lowest BCUT2D eigenvalue weighted by atomic mass is 10.1. The number of amides is 1. The van der Waals surface area contributed by atoms with Crippen LogP contribution in [0, 0.1) is 6.92 Å². The summed E-state index contributed by atoms with van der Waals surface area (Å²) < 4.78 is 10.9. The zero-order chi connectivity index (χ0) is 19.9. The molecule has 6 nitrogen and oxygen atoms in total. The van der Waals surface area contributed by atoms with Gasteiger partial charge in [-0.2, -0.15) is 0 Å². The highest BCUT2D eigenvalue weighted by atomic mass is 32.1. The predicted octanol–water partition coefficient (Wildman–Crippen LogP) is 3.89. The van der Waals surface area contributed by atoms with Gasteiger partial charge in [0.25, 0.3) is 5.91 Å². The first-order valence-corrected chi connectivity index (χ1v) is 9.90. The first kappa shape index (κ1) is 19.8. The van der Waals surface area contributed by atoms with Crippen LogP contribution in [0.2, 0.25) is 0 Å². The minimum Gasteiger partial charge on any atom is -0.453 e. The molecule has 0 aliphatic carbocycles. The molecule has 3 rings (SSSR count). The topological polar surface area (TPSA) is 81.4 Å². The van der Waals surface area contributed by atoms with Gasteiger partial charge in [0.15, 0.2) is 17.8 Å². The number of hydrogen-bond donors (Lipinski definition) is 1. The molecule has 1 N–H and O–H groups in total. The summed E-state index contributed by atoms with van der Waals surface area (Å²) in [6.07, 6.45) is 1.21. The van der Waals surface area contributed by atoms with Crippen molar-refractivity contribution in [1.82, 2.24) is 10.3 Å². The largest absolute Gasteiger partial charge is 0.453 e. The first-order valence-electron chi connectivity index (χ1n) is 9.02. The van der Waals surface area contributed by atoms with Crippen molar-refractivity contribution in [3.8, 4) is 11.3 Å². The first-order chi connectivity index (χ1) is 13.5. The fourth-order valence-electron chi connectivity index (χ4n) is 2.53. The van der Waals surface area contributed by atoms with Crippen molar-refractivity contribution in [2.24, 2.45) is 0 Å². The van der Waals surface area contributed by atoms with E-state index in [0.717, 1.165) is 10.4 Å². The van der Waals surface area contributed by atoms with E-state index < -0.39 is 12.1 Å². The second kappa shape index (κ2) is 9.32. The van der Waals surface area contributed by atoms with E-state index in [-0.39, 0.29) is 12.3 Å². The number of benzene rings is 1. The van der Waals surface area contributed by atoms with Crippen LogP contribution in [0.3, 0.4) is 0 Å². The fraction of sp³-hybridized carbons (Fsp3) is 0.286. The Kier molecular flexibility index (Phi) is 6.60. The lowest BCUT2D eigenvalue weighted by molar-refractivity contribution is -0.154. The maximum absolute atomic E-state index is 12.0. The van der Waals surface area contributed by atoms with E-state index in [1.165, 1.54) is 5.56 Å². The van der Waals surface area contributed by atoms with Crippen LogP contribution in [-0.4, -0.2) is 23.0 Å². The lowest BCUT2D eigenvalue weighted by Gasteiger charge is -2.12. The minimum atomic E-state index is -0.847. The zero-order valence-corrected chi connectivity index (χ0v) is 16.6. The summed E-state index contributed by atoms with van der Waals surface area (Å²) in [5.74, 6) is 0.334. The summed E-state index contributed by atoms with van der Waals surface area (Å²) in [6, 6.07) is 11.8. The van der Waals surface area contributed by atoms with Gasteiger partial charge in [0.1, 0.15) is 0 Å². The summed E-state index contributed by atoms with van der Waals surface area (Å²) in [7, 11) is 0. The summed E-state index contributed by atoms with van der Waals surface area (Å²) >= 11 is 1.56.